The zero-order chi connectivity index (χ0) is 17.6. The van der Waals surface area contributed by atoms with E-state index in [9.17, 15) is 9.59 Å². The van der Waals surface area contributed by atoms with Crippen molar-refractivity contribution in [2.24, 2.45) is 0 Å². The first-order valence-corrected chi connectivity index (χ1v) is 9.96. The molecule has 2 amide bonds. The highest BCUT2D eigenvalue weighted by Crippen LogP contribution is 2.29. The Morgan fingerprint density at radius 2 is 2.04 bits per heavy atom. The summed E-state index contributed by atoms with van der Waals surface area (Å²) in [4.78, 5) is 24.7. The van der Waals surface area contributed by atoms with E-state index in [-0.39, 0.29) is 11.8 Å². The summed E-state index contributed by atoms with van der Waals surface area (Å²) in [5.41, 5.74) is 1.01. The Labute approximate surface area is 156 Å². The van der Waals surface area contributed by atoms with Gasteiger partial charge in [0.2, 0.25) is 11.0 Å². The molecule has 2 heterocycles. The van der Waals surface area contributed by atoms with E-state index in [0.29, 0.717) is 16.4 Å². The molecule has 3 rings (SSSR count). The molecule has 0 aliphatic carbocycles. The highest BCUT2D eigenvalue weighted by atomic mass is 32.2. The highest BCUT2D eigenvalue weighted by molar-refractivity contribution is 8.00. The fourth-order valence-corrected chi connectivity index (χ4v) is 4.48. The van der Waals surface area contributed by atoms with Crippen molar-refractivity contribution in [3.8, 4) is 0 Å². The van der Waals surface area contributed by atoms with E-state index in [2.05, 4.69) is 26.9 Å². The maximum absolute atomic E-state index is 12.3. The third-order valence-electron chi connectivity index (χ3n) is 2.99. The van der Waals surface area contributed by atoms with Crippen molar-refractivity contribution < 1.29 is 9.59 Å². The van der Waals surface area contributed by atoms with E-state index < -0.39 is 0 Å². The van der Waals surface area contributed by atoms with E-state index in [0.717, 1.165) is 10.1 Å². The molecule has 1 aromatic carbocycles. The Morgan fingerprint density at radius 1 is 1.16 bits per heavy atom. The molecule has 2 N–H and O–H groups in total. The lowest BCUT2D eigenvalue weighted by molar-refractivity contribution is -0.114. The third-order valence-corrected chi connectivity index (χ3v) is 6.07. The molecule has 0 radical (unpaired) electrons. The SMILES string of the molecule is CC(=O)Nc1cccc(C(=O)Nc2nnc(SCc3cccs3)s2)c1. The molecule has 2 aromatic heterocycles. The zero-order valence-electron chi connectivity index (χ0n) is 13.2. The number of hydrogen-bond donors (Lipinski definition) is 2. The zero-order valence-corrected chi connectivity index (χ0v) is 15.6. The minimum atomic E-state index is -0.293. The number of aromatic nitrogens is 2. The van der Waals surface area contributed by atoms with Gasteiger partial charge in [-0.15, -0.1) is 21.5 Å². The van der Waals surface area contributed by atoms with Crippen LogP contribution in [0.4, 0.5) is 10.8 Å². The average molecular weight is 391 g/mol. The summed E-state index contributed by atoms with van der Waals surface area (Å²) in [5.74, 6) is 0.353. The fourth-order valence-electron chi connectivity index (χ4n) is 1.96. The fraction of sp³-hybridized carbons (Fsp3) is 0.125. The van der Waals surface area contributed by atoms with Crippen LogP contribution in [0.5, 0.6) is 0 Å². The van der Waals surface area contributed by atoms with Crippen LogP contribution in [0, 0.1) is 0 Å². The number of hydrogen-bond acceptors (Lipinski definition) is 7. The Hall–Kier alpha value is -2.23. The number of carbonyl (C=O) groups excluding carboxylic acids is 2. The summed E-state index contributed by atoms with van der Waals surface area (Å²) in [6.45, 7) is 1.42. The second-order valence-corrected chi connectivity index (χ2v) is 8.19. The lowest BCUT2D eigenvalue weighted by Crippen LogP contribution is -2.13. The second-order valence-electron chi connectivity index (χ2n) is 4.96. The van der Waals surface area contributed by atoms with Gasteiger partial charge < -0.3 is 5.32 Å². The van der Waals surface area contributed by atoms with Gasteiger partial charge in [-0.3, -0.25) is 14.9 Å². The van der Waals surface area contributed by atoms with Gasteiger partial charge in [-0.2, -0.15) is 0 Å². The van der Waals surface area contributed by atoms with Crippen molar-refractivity contribution in [1.29, 1.82) is 0 Å². The maximum Gasteiger partial charge on any atom is 0.257 e. The molecular formula is C16H14N4O2S3. The van der Waals surface area contributed by atoms with E-state index in [1.165, 1.54) is 23.1 Å². The summed E-state index contributed by atoms with van der Waals surface area (Å²) in [7, 11) is 0. The Balaban J connectivity index is 1.60. The number of rotatable bonds is 6. The quantitative estimate of drug-likeness (QED) is 0.489. The van der Waals surface area contributed by atoms with Gasteiger partial charge >= 0.3 is 0 Å². The number of anilines is 2. The van der Waals surface area contributed by atoms with Crippen LogP contribution < -0.4 is 10.6 Å². The van der Waals surface area contributed by atoms with Crippen molar-refractivity contribution in [1.82, 2.24) is 10.2 Å². The minimum absolute atomic E-state index is 0.186. The van der Waals surface area contributed by atoms with Gasteiger partial charge in [-0.1, -0.05) is 35.2 Å². The predicted octanol–water partition coefficient (Wildman–Crippen LogP) is 4.10. The lowest BCUT2D eigenvalue weighted by atomic mass is 10.2. The molecule has 6 nitrogen and oxygen atoms in total. The molecule has 0 saturated heterocycles. The number of amides is 2. The minimum Gasteiger partial charge on any atom is -0.326 e. The van der Waals surface area contributed by atoms with Gasteiger partial charge in [-0.25, -0.2) is 0 Å². The number of nitrogens with zero attached hydrogens (tertiary/aromatic N) is 2. The number of nitrogens with one attached hydrogen (secondary N) is 2. The standard InChI is InChI=1S/C16H14N4O2S3/c1-10(21)17-12-5-2-4-11(8-12)14(22)18-15-19-20-16(25-15)24-9-13-6-3-7-23-13/h2-8H,9H2,1H3,(H,17,21)(H,18,19,22). The lowest BCUT2D eigenvalue weighted by Gasteiger charge is -2.05. The summed E-state index contributed by atoms with van der Waals surface area (Å²) in [6.07, 6.45) is 0. The van der Waals surface area contributed by atoms with Gasteiger partial charge in [0.15, 0.2) is 4.34 Å². The summed E-state index contributed by atoms with van der Waals surface area (Å²) in [6, 6.07) is 10.8. The molecule has 0 atom stereocenters. The maximum atomic E-state index is 12.3. The van der Waals surface area contributed by atoms with Crippen LogP contribution in [0.15, 0.2) is 46.1 Å². The first kappa shape index (κ1) is 17.6. The molecule has 0 aliphatic rings. The first-order valence-electron chi connectivity index (χ1n) is 7.28. The van der Waals surface area contributed by atoms with Crippen LogP contribution in [0.2, 0.25) is 0 Å². The molecule has 0 saturated carbocycles. The van der Waals surface area contributed by atoms with Gasteiger partial charge in [-0.05, 0) is 29.6 Å². The molecule has 128 valence electrons. The molecule has 3 aromatic rings. The third kappa shape index (κ3) is 5.12. The van der Waals surface area contributed by atoms with E-state index >= 15 is 0 Å². The highest BCUT2D eigenvalue weighted by Gasteiger charge is 2.11. The van der Waals surface area contributed by atoms with Crippen LogP contribution >= 0.6 is 34.4 Å². The van der Waals surface area contributed by atoms with E-state index in [1.54, 1.807) is 47.4 Å². The van der Waals surface area contributed by atoms with Crippen molar-refractivity contribution in [2.45, 2.75) is 17.0 Å². The molecule has 0 spiro atoms. The molecule has 25 heavy (non-hydrogen) atoms. The van der Waals surface area contributed by atoms with Gasteiger partial charge in [0.05, 0.1) is 0 Å². The smallest absolute Gasteiger partial charge is 0.257 e. The number of carbonyl (C=O) groups is 2. The Bertz CT molecular complexity index is 877. The van der Waals surface area contributed by atoms with Gasteiger partial charge in [0.25, 0.3) is 5.91 Å². The van der Waals surface area contributed by atoms with Crippen LogP contribution in [0.3, 0.4) is 0 Å². The second kappa shape index (κ2) is 8.24. The van der Waals surface area contributed by atoms with Crippen LogP contribution in [-0.2, 0) is 10.5 Å². The van der Waals surface area contributed by atoms with E-state index in [4.69, 9.17) is 0 Å². The number of thioether (sulfide) groups is 1. The molecule has 0 fully saturated rings. The Kier molecular flexibility index (Phi) is 5.79. The Morgan fingerprint density at radius 3 is 2.80 bits per heavy atom. The number of benzene rings is 1. The first-order chi connectivity index (χ1) is 12.1. The van der Waals surface area contributed by atoms with Crippen LogP contribution in [0.1, 0.15) is 22.2 Å². The van der Waals surface area contributed by atoms with E-state index in [1.807, 2.05) is 11.4 Å². The monoisotopic (exact) mass is 390 g/mol. The summed E-state index contributed by atoms with van der Waals surface area (Å²) in [5, 5.41) is 16.0. The largest absolute Gasteiger partial charge is 0.326 e. The van der Waals surface area contributed by atoms with Crippen molar-refractivity contribution in [2.75, 3.05) is 10.6 Å². The van der Waals surface area contributed by atoms with Crippen LogP contribution in [0.25, 0.3) is 0 Å². The van der Waals surface area contributed by atoms with Crippen LogP contribution in [-0.4, -0.2) is 22.0 Å². The van der Waals surface area contributed by atoms with Gasteiger partial charge in [0.1, 0.15) is 0 Å². The molecular weight excluding hydrogens is 376 g/mol. The molecule has 0 aliphatic heterocycles. The molecule has 0 unspecified atom stereocenters. The summed E-state index contributed by atoms with van der Waals surface area (Å²) >= 11 is 4.62. The topological polar surface area (TPSA) is 84.0 Å². The summed E-state index contributed by atoms with van der Waals surface area (Å²) < 4.78 is 0.802. The van der Waals surface area contributed by atoms with Crippen molar-refractivity contribution in [3.63, 3.8) is 0 Å². The normalized spacial score (nSPS) is 10.4. The van der Waals surface area contributed by atoms with Crippen molar-refractivity contribution in [3.05, 3.63) is 52.2 Å². The molecule has 9 heteroatoms. The molecule has 0 bridgehead atoms. The predicted molar refractivity (Wildman–Crippen MR) is 102 cm³/mol. The number of thiophene rings is 1. The van der Waals surface area contributed by atoms with Crippen molar-refractivity contribution >= 4 is 57.1 Å². The average Bonchev–Trinajstić information content (AvgIpc) is 3.24. The van der Waals surface area contributed by atoms with Gasteiger partial charge in [0, 0.05) is 28.8 Å².